The normalized spacial score (nSPS) is 12.2. The quantitative estimate of drug-likeness (QED) is 0.857. The van der Waals surface area contributed by atoms with Crippen molar-refractivity contribution < 1.29 is 4.79 Å². The van der Waals surface area contributed by atoms with Gasteiger partial charge < -0.3 is 9.88 Å². The van der Waals surface area contributed by atoms with Crippen LogP contribution in [-0.4, -0.2) is 10.5 Å². The van der Waals surface area contributed by atoms with Gasteiger partial charge in [-0.05, 0) is 53.4 Å². The molecule has 2 aromatic rings. The largest absolute Gasteiger partial charge is 0.344 e. The lowest BCUT2D eigenvalue weighted by atomic mass is 10.0. The summed E-state index contributed by atoms with van der Waals surface area (Å²) in [5.41, 5.74) is 3.11. The third kappa shape index (κ3) is 3.76. The van der Waals surface area contributed by atoms with Crippen molar-refractivity contribution >= 4 is 21.8 Å². The minimum atomic E-state index is -0.0466. The molecule has 0 fully saturated rings. The van der Waals surface area contributed by atoms with Crippen LogP contribution < -0.4 is 5.32 Å². The highest BCUT2D eigenvalue weighted by Gasteiger charge is 2.15. The highest BCUT2D eigenvalue weighted by molar-refractivity contribution is 9.10. The van der Waals surface area contributed by atoms with Crippen LogP contribution in [-0.2, 0) is 13.0 Å². The number of carbonyl (C=O) groups is 1. The van der Waals surface area contributed by atoms with E-state index in [1.807, 2.05) is 30.7 Å². The number of amides is 1. The molecular formula is C17H21BrN2O. The van der Waals surface area contributed by atoms with Crippen LogP contribution in [0.2, 0.25) is 0 Å². The van der Waals surface area contributed by atoms with E-state index in [1.165, 1.54) is 5.56 Å². The molecule has 0 saturated carbocycles. The molecule has 112 valence electrons. The van der Waals surface area contributed by atoms with Crippen molar-refractivity contribution in [2.45, 2.75) is 39.8 Å². The number of nitrogens with zero attached hydrogens (tertiary/aromatic N) is 1. The van der Waals surface area contributed by atoms with Crippen LogP contribution in [0, 0.1) is 0 Å². The van der Waals surface area contributed by atoms with E-state index < -0.39 is 0 Å². The number of rotatable bonds is 5. The maximum Gasteiger partial charge on any atom is 0.268 e. The van der Waals surface area contributed by atoms with E-state index in [0.717, 1.165) is 23.0 Å². The molecule has 1 heterocycles. The van der Waals surface area contributed by atoms with E-state index >= 15 is 0 Å². The highest BCUT2D eigenvalue weighted by Crippen LogP contribution is 2.18. The first kappa shape index (κ1) is 15.8. The van der Waals surface area contributed by atoms with E-state index in [2.05, 4.69) is 52.4 Å². The molecule has 0 aliphatic rings. The van der Waals surface area contributed by atoms with Gasteiger partial charge in [-0.3, -0.25) is 4.79 Å². The number of hydrogen-bond acceptors (Lipinski definition) is 1. The Kier molecular flexibility index (Phi) is 5.23. The molecular weight excluding hydrogens is 328 g/mol. The Labute approximate surface area is 134 Å². The standard InChI is InChI=1S/C17H21BrN2O/c1-4-13-6-8-14(9-7-13)12(3)19-17(21)16-10-15(18)11-20(16)5-2/h6-12H,4-5H2,1-3H3,(H,19,21). The van der Waals surface area contributed by atoms with Gasteiger partial charge in [0.1, 0.15) is 5.69 Å². The van der Waals surface area contributed by atoms with Gasteiger partial charge in [-0.25, -0.2) is 0 Å². The van der Waals surface area contributed by atoms with Crippen molar-refractivity contribution in [3.8, 4) is 0 Å². The van der Waals surface area contributed by atoms with E-state index in [9.17, 15) is 4.79 Å². The fraction of sp³-hybridized carbons (Fsp3) is 0.353. The molecule has 1 aromatic carbocycles. The summed E-state index contributed by atoms with van der Waals surface area (Å²) in [7, 11) is 0. The number of aryl methyl sites for hydroxylation is 2. The second-order valence-electron chi connectivity index (χ2n) is 5.12. The number of halogens is 1. The molecule has 3 nitrogen and oxygen atoms in total. The predicted octanol–water partition coefficient (Wildman–Crippen LogP) is 4.32. The Balaban J connectivity index is 2.10. The molecule has 1 unspecified atom stereocenters. The van der Waals surface area contributed by atoms with Crippen LogP contribution in [0.3, 0.4) is 0 Å². The summed E-state index contributed by atoms with van der Waals surface area (Å²) < 4.78 is 2.86. The van der Waals surface area contributed by atoms with Gasteiger partial charge in [-0.2, -0.15) is 0 Å². The minimum Gasteiger partial charge on any atom is -0.344 e. The zero-order chi connectivity index (χ0) is 15.4. The topological polar surface area (TPSA) is 34.0 Å². The first-order valence-electron chi connectivity index (χ1n) is 7.30. The smallest absolute Gasteiger partial charge is 0.268 e. The molecule has 0 radical (unpaired) electrons. The molecule has 0 bridgehead atoms. The van der Waals surface area contributed by atoms with Crippen molar-refractivity contribution in [1.82, 2.24) is 9.88 Å². The van der Waals surface area contributed by atoms with E-state index in [0.29, 0.717) is 5.69 Å². The number of aromatic nitrogens is 1. The van der Waals surface area contributed by atoms with Crippen molar-refractivity contribution in [2.75, 3.05) is 0 Å². The lowest BCUT2D eigenvalue weighted by molar-refractivity contribution is 0.0930. The predicted molar refractivity (Wildman–Crippen MR) is 89.5 cm³/mol. The molecule has 1 aromatic heterocycles. The van der Waals surface area contributed by atoms with Crippen LogP contribution in [0.4, 0.5) is 0 Å². The summed E-state index contributed by atoms with van der Waals surface area (Å²) >= 11 is 3.42. The Hall–Kier alpha value is -1.55. The Morgan fingerprint density at radius 1 is 1.29 bits per heavy atom. The van der Waals surface area contributed by atoms with Crippen LogP contribution in [0.5, 0.6) is 0 Å². The lowest BCUT2D eigenvalue weighted by Gasteiger charge is -2.15. The summed E-state index contributed by atoms with van der Waals surface area (Å²) in [6.07, 6.45) is 2.95. The fourth-order valence-corrected chi connectivity index (χ4v) is 2.79. The molecule has 2 rings (SSSR count). The van der Waals surface area contributed by atoms with Gasteiger partial charge in [0.15, 0.2) is 0 Å². The SMILES string of the molecule is CCc1ccc(C(C)NC(=O)c2cc(Br)cn2CC)cc1. The van der Waals surface area contributed by atoms with Crippen LogP contribution in [0.25, 0.3) is 0 Å². The number of carbonyl (C=O) groups excluding carboxylic acids is 1. The van der Waals surface area contributed by atoms with Crippen LogP contribution >= 0.6 is 15.9 Å². The summed E-state index contributed by atoms with van der Waals surface area (Å²) in [5.74, 6) is -0.0466. The van der Waals surface area contributed by atoms with Gasteiger partial charge >= 0.3 is 0 Å². The summed E-state index contributed by atoms with van der Waals surface area (Å²) in [6, 6.07) is 10.2. The van der Waals surface area contributed by atoms with E-state index in [1.54, 1.807) is 0 Å². The molecule has 1 amide bonds. The van der Waals surface area contributed by atoms with Crippen LogP contribution in [0.1, 0.15) is 48.4 Å². The van der Waals surface area contributed by atoms with Crippen molar-refractivity contribution in [1.29, 1.82) is 0 Å². The maximum atomic E-state index is 12.4. The molecule has 4 heteroatoms. The monoisotopic (exact) mass is 348 g/mol. The number of benzene rings is 1. The Bertz CT molecular complexity index is 616. The zero-order valence-corrected chi connectivity index (χ0v) is 14.3. The summed E-state index contributed by atoms with van der Waals surface area (Å²) in [6.45, 7) is 6.94. The van der Waals surface area contributed by atoms with Crippen molar-refractivity contribution in [3.63, 3.8) is 0 Å². The van der Waals surface area contributed by atoms with Gasteiger partial charge in [0.25, 0.3) is 5.91 Å². The molecule has 0 saturated heterocycles. The van der Waals surface area contributed by atoms with E-state index in [4.69, 9.17) is 0 Å². The van der Waals surface area contributed by atoms with Gasteiger partial charge in [0.05, 0.1) is 6.04 Å². The number of nitrogens with one attached hydrogen (secondary N) is 1. The molecule has 0 aliphatic heterocycles. The first-order chi connectivity index (χ1) is 10.0. The Morgan fingerprint density at radius 3 is 2.52 bits per heavy atom. The van der Waals surface area contributed by atoms with Gasteiger partial charge in [0.2, 0.25) is 0 Å². The minimum absolute atomic E-state index is 0.0117. The van der Waals surface area contributed by atoms with Gasteiger partial charge in [-0.1, -0.05) is 31.2 Å². The van der Waals surface area contributed by atoms with Gasteiger partial charge in [-0.15, -0.1) is 0 Å². The molecule has 1 atom stereocenters. The summed E-state index contributed by atoms with van der Waals surface area (Å²) in [4.78, 5) is 12.4. The third-order valence-electron chi connectivity index (χ3n) is 3.67. The average molecular weight is 349 g/mol. The summed E-state index contributed by atoms with van der Waals surface area (Å²) in [5, 5.41) is 3.06. The lowest BCUT2D eigenvalue weighted by Crippen LogP contribution is -2.28. The zero-order valence-electron chi connectivity index (χ0n) is 12.7. The van der Waals surface area contributed by atoms with Crippen molar-refractivity contribution in [3.05, 3.63) is 57.8 Å². The average Bonchev–Trinajstić information content (AvgIpc) is 2.88. The molecule has 0 aliphatic carbocycles. The molecule has 0 spiro atoms. The second-order valence-corrected chi connectivity index (χ2v) is 6.04. The first-order valence-corrected chi connectivity index (χ1v) is 8.09. The van der Waals surface area contributed by atoms with E-state index in [-0.39, 0.29) is 11.9 Å². The van der Waals surface area contributed by atoms with Crippen molar-refractivity contribution in [2.24, 2.45) is 0 Å². The number of hydrogen-bond donors (Lipinski definition) is 1. The Morgan fingerprint density at radius 2 is 1.95 bits per heavy atom. The third-order valence-corrected chi connectivity index (χ3v) is 4.11. The fourth-order valence-electron chi connectivity index (χ4n) is 2.32. The highest BCUT2D eigenvalue weighted by atomic mass is 79.9. The molecule has 21 heavy (non-hydrogen) atoms. The van der Waals surface area contributed by atoms with Crippen LogP contribution in [0.15, 0.2) is 41.0 Å². The maximum absolute atomic E-state index is 12.4. The molecule has 1 N–H and O–H groups in total. The van der Waals surface area contributed by atoms with Gasteiger partial charge in [0, 0.05) is 17.2 Å². The second kappa shape index (κ2) is 6.94.